The molecule has 1 aromatic heterocycles. The number of hydrogen-bond donors (Lipinski definition) is 1. The van der Waals surface area contributed by atoms with E-state index < -0.39 is 0 Å². The Morgan fingerprint density at radius 2 is 2.12 bits per heavy atom. The molecule has 7 heteroatoms. The summed E-state index contributed by atoms with van der Waals surface area (Å²) < 4.78 is 5.21. The van der Waals surface area contributed by atoms with Crippen LogP contribution in [-0.2, 0) is 10.5 Å². The van der Waals surface area contributed by atoms with E-state index in [1.54, 1.807) is 13.1 Å². The van der Waals surface area contributed by atoms with Crippen LogP contribution in [0.2, 0.25) is 0 Å². The van der Waals surface area contributed by atoms with Crippen molar-refractivity contribution in [3.63, 3.8) is 0 Å². The van der Waals surface area contributed by atoms with Crippen molar-refractivity contribution in [2.24, 2.45) is 0 Å². The summed E-state index contributed by atoms with van der Waals surface area (Å²) in [7, 11) is 1.65. The monoisotopic (exact) mass is 359 g/mol. The maximum atomic E-state index is 12.7. The molecule has 1 saturated carbocycles. The second kappa shape index (κ2) is 7.74. The number of carbonyl (C=O) groups excluding carboxylic acids is 2. The summed E-state index contributed by atoms with van der Waals surface area (Å²) in [6.45, 7) is 1.94. The van der Waals surface area contributed by atoms with E-state index in [0.29, 0.717) is 17.4 Å². The van der Waals surface area contributed by atoms with Gasteiger partial charge in [0.05, 0.1) is 23.6 Å². The molecule has 1 aliphatic carbocycles. The molecule has 0 aliphatic heterocycles. The first-order valence-corrected chi connectivity index (χ1v) is 9.20. The Morgan fingerprint density at radius 3 is 2.80 bits per heavy atom. The molecule has 1 fully saturated rings. The molecule has 0 saturated heterocycles. The molecule has 1 aromatic carbocycles. The molecule has 2 aromatic rings. The van der Waals surface area contributed by atoms with Gasteiger partial charge >= 0.3 is 0 Å². The SMILES string of the molecule is Cc1cc(CSc2ccccc2C(=O)N(C)CC(=O)NC2CC2)on1. The van der Waals surface area contributed by atoms with Gasteiger partial charge in [-0.25, -0.2) is 0 Å². The largest absolute Gasteiger partial charge is 0.360 e. The third-order valence-electron chi connectivity index (χ3n) is 3.83. The molecule has 0 radical (unpaired) electrons. The van der Waals surface area contributed by atoms with E-state index in [2.05, 4.69) is 10.5 Å². The van der Waals surface area contributed by atoms with Crippen molar-refractivity contribution in [3.05, 3.63) is 47.3 Å². The first kappa shape index (κ1) is 17.5. The zero-order valence-electron chi connectivity index (χ0n) is 14.3. The summed E-state index contributed by atoms with van der Waals surface area (Å²) in [4.78, 5) is 26.9. The fourth-order valence-corrected chi connectivity index (χ4v) is 3.32. The van der Waals surface area contributed by atoms with Gasteiger partial charge in [-0.3, -0.25) is 9.59 Å². The van der Waals surface area contributed by atoms with Crippen molar-refractivity contribution in [1.82, 2.24) is 15.4 Å². The first-order valence-electron chi connectivity index (χ1n) is 8.22. The molecule has 1 aliphatic rings. The smallest absolute Gasteiger partial charge is 0.255 e. The summed E-state index contributed by atoms with van der Waals surface area (Å²) >= 11 is 1.52. The number of benzene rings is 1. The topological polar surface area (TPSA) is 75.4 Å². The number of thioether (sulfide) groups is 1. The van der Waals surface area contributed by atoms with Gasteiger partial charge in [0.2, 0.25) is 5.91 Å². The van der Waals surface area contributed by atoms with E-state index in [0.717, 1.165) is 29.2 Å². The van der Waals surface area contributed by atoms with Crippen LogP contribution in [0, 0.1) is 6.92 Å². The summed E-state index contributed by atoms with van der Waals surface area (Å²) in [5, 5.41) is 6.77. The number of likely N-dealkylation sites (N-methyl/N-ethyl adjacent to an activating group) is 1. The number of hydrogen-bond acceptors (Lipinski definition) is 5. The van der Waals surface area contributed by atoms with Crippen molar-refractivity contribution in [3.8, 4) is 0 Å². The molecule has 0 bridgehead atoms. The first-order chi connectivity index (χ1) is 12.0. The molecule has 1 heterocycles. The van der Waals surface area contributed by atoms with Crippen molar-refractivity contribution < 1.29 is 14.1 Å². The molecule has 0 atom stereocenters. The molecule has 0 unspecified atom stereocenters. The molecule has 132 valence electrons. The lowest BCUT2D eigenvalue weighted by molar-refractivity contribution is -0.121. The number of rotatable bonds is 7. The molecular formula is C18H21N3O3S. The lowest BCUT2D eigenvalue weighted by Crippen LogP contribution is -2.39. The van der Waals surface area contributed by atoms with E-state index in [1.165, 1.54) is 16.7 Å². The minimum Gasteiger partial charge on any atom is -0.360 e. The van der Waals surface area contributed by atoms with Crippen LogP contribution < -0.4 is 5.32 Å². The van der Waals surface area contributed by atoms with Gasteiger partial charge in [0.1, 0.15) is 5.76 Å². The highest BCUT2D eigenvalue weighted by molar-refractivity contribution is 7.98. The fraction of sp³-hybridized carbons (Fsp3) is 0.389. The van der Waals surface area contributed by atoms with Crippen LogP contribution in [0.1, 0.15) is 34.7 Å². The van der Waals surface area contributed by atoms with Crippen LogP contribution in [0.4, 0.5) is 0 Å². The van der Waals surface area contributed by atoms with Gasteiger partial charge in [-0.2, -0.15) is 0 Å². The third-order valence-corrected chi connectivity index (χ3v) is 4.93. The molecular weight excluding hydrogens is 338 g/mol. The Morgan fingerprint density at radius 1 is 1.36 bits per heavy atom. The van der Waals surface area contributed by atoms with Crippen molar-refractivity contribution in [2.45, 2.75) is 36.5 Å². The van der Waals surface area contributed by atoms with E-state index in [9.17, 15) is 9.59 Å². The maximum absolute atomic E-state index is 12.7. The highest BCUT2D eigenvalue weighted by atomic mass is 32.2. The summed E-state index contributed by atoms with van der Waals surface area (Å²) in [6.07, 6.45) is 2.06. The second-order valence-corrected chi connectivity index (χ2v) is 7.24. The quantitative estimate of drug-likeness (QED) is 0.769. The van der Waals surface area contributed by atoms with Gasteiger partial charge in [0, 0.05) is 24.1 Å². The Hall–Kier alpha value is -2.28. The molecule has 1 N–H and O–H groups in total. The van der Waals surface area contributed by atoms with E-state index >= 15 is 0 Å². The van der Waals surface area contributed by atoms with Gasteiger partial charge in [0.15, 0.2) is 0 Å². The predicted molar refractivity (Wildman–Crippen MR) is 95.4 cm³/mol. The van der Waals surface area contributed by atoms with Crippen LogP contribution in [0.3, 0.4) is 0 Å². The maximum Gasteiger partial charge on any atom is 0.255 e. The van der Waals surface area contributed by atoms with Crippen LogP contribution in [0.15, 0.2) is 39.8 Å². The minimum absolute atomic E-state index is 0.0651. The highest BCUT2D eigenvalue weighted by Crippen LogP contribution is 2.27. The third kappa shape index (κ3) is 4.85. The van der Waals surface area contributed by atoms with E-state index in [1.807, 2.05) is 31.2 Å². The minimum atomic E-state index is -0.164. The van der Waals surface area contributed by atoms with Crippen molar-refractivity contribution >= 4 is 23.6 Å². The molecule has 3 rings (SSSR count). The number of aryl methyl sites for hydroxylation is 1. The molecule has 25 heavy (non-hydrogen) atoms. The van der Waals surface area contributed by atoms with E-state index in [-0.39, 0.29) is 18.4 Å². The van der Waals surface area contributed by atoms with Crippen LogP contribution in [0.25, 0.3) is 0 Å². The zero-order chi connectivity index (χ0) is 17.8. The van der Waals surface area contributed by atoms with Crippen LogP contribution in [-0.4, -0.2) is 41.5 Å². The summed E-state index contributed by atoms with van der Waals surface area (Å²) in [6, 6.07) is 9.58. The average molecular weight is 359 g/mol. The number of nitrogens with zero attached hydrogens (tertiary/aromatic N) is 2. The molecule has 2 amide bonds. The number of nitrogens with one attached hydrogen (secondary N) is 1. The van der Waals surface area contributed by atoms with Crippen LogP contribution >= 0.6 is 11.8 Å². The fourth-order valence-electron chi connectivity index (χ4n) is 2.40. The van der Waals surface area contributed by atoms with Crippen LogP contribution in [0.5, 0.6) is 0 Å². The van der Waals surface area contributed by atoms with Gasteiger partial charge in [0.25, 0.3) is 5.91 Å². The number of aromatic nitrogens is 1. The Bertz CT molecular complexity index is 770. The van der Waals surface area contributed by atoms with Crippen molar-refractivity contribution in [1.29, 1.82) is 0 Å². The van der Waals surface area contributed by atoms with Gasteiger partial charge < -0.3 is 14.7 Å². The number of carbonyl (C=O) groups is 2. The Labute approximate surface area is 150 Å². The molecule has 6 nitrogen and oxygen atoms in total. The second-order valence-electron chi connectivity index (χ2n) is 6.22. The lowest BCUT2D eigenvalue weighted by Gasteiger charge is -2.18. The predicted octanol–water partition coefficient (Wildman–Crippen LogP) is 2.63. The van der Waals surface area contributed by atoms with Gasteiger partial charge in [-0.15, -0.1) is 11.8 Å². The highest BCUT2D eigenvalue weighted by Gasteiger charge is 2.25. The average Bonchev–Trinajstić information content (AvgIpc) is 3.31. The molecule has 0 spiro atoms. The zero-order valence-corrected chi connectivity index (χ0v) is 15.1. The van der Waals surface area contributed by atoms with Gasteiger partial charge in [-0.1, -0.05) is 17.3 Å². The Balaban J connectivity index is 1.63. The Kier molecular flexibility index (Phi) is 5.43. The van der Waals surface area contributed by atoms with Gasteiger partial charge in [-0.05, 0) is 31.9 Å². The summed E-state index contributed by atoms with van der Waals surface area (Å²) in [5.41, 5.74) is 1.42. The summed E-state index contributed by atoms with van der Waals surface area (Å²) in [5.74, 6) is 1.09. The van der Waals surface area contributed by atoms with E-state index in [4.69, 9.17) is 4.52 Å². The normalized spacial score (nSPS) is 13.5. The standard InChI is InChI=1S/C18H21N3O3S/c1-12-9-14(24-20-12)11-25-16-6-4-3-5-15(16)18(23)21(2)10-17(22)19-13-7-8-13/h3-6,9,13H,7-8,10-11H2,1-2H3,(H,19,22). The lowest BCUT2D eigenvalue weighted by atomic mass is 10.2. The number of amides is 2. The van der Waals surface area contributed by atoms with Crippen molar-refractivity contribution in [2.75, 3.05) is 13.6 Å².